The van der Waals surface area contributed by atoms with Crippen molar-refractivity contribution < 1.29 is 47.8 Å². The molecule has 3 aromatic carbocycles. The number of esters is 1. The van der Waals surface area contributed by atoms with Gasteiger partial charge in [0.15, 0.2) is 0 Å². The molecular weight excluding hydrogens is 859 g/mol. The smallest absolute Gasteiger partial charge is 0.408 e. The molecule has 1 aliphatic heterocycles. The SMILES string of the molecule is C=CC[C@H](NC(=O)OC(C)(C)C)C(=O)N[C@@H](C)C(=O)N[C@H]1C/C=C\CC(C(=O)OC)NC(=O)C(CC(=O)NC(c2ccccc2)(c2ccccc2)c2ccccc2)NC(=O)[C@H](CC=C)NC1=O. The molecule has 2 unspecified atom stereocenters. The van der Waals surface area contributed by atoms with Crippen LogP contribution in [0, 0.1) is 0 Å². The summed E-state index contributed by atoms with van der Waals surface area (Å²) in [6, 6.07) is 19.8. The normalized spacial score (nSPS) is 19.4. The molecule has 0 aromatic heterocycles. The Hall–Kier alpha value is -7.56. The second-order valence-corrected chi connectivity index (χ2v) is 16.8. The minimum absolute atomic E-state index is 0.0103. The zero-order valence-corrected chi connectivity index (χ0v) is 38.5. The summed E-state index contributed by atoms with van der Waals surface area (Å²) in [5.74, 6) is -5.56. The lowest BCUT2D eigenvalue weighted by Gasteiger charge is -2.37. The molecule has 0 saturated carbocycles. The van der Waals surface area contributed by atoms with Gasteiger partial charge in [0.25, 0.3) is 0 Å². The van der Waals surface area contributed by atoms with Gasteiger partial charge in [-0.2, -0.15) is 0 Å². The van der Waals surface area contributed by atoms with E-state index < -0.39 is 101 Å². The van der Waals surface area contributed by atoms with Gasteiger partial charge in [-0.25, -0.2) is 9.59 Å². The van der Waals surface area contributed by atoms with Gasteiger partial charge >= 0.3 is 12.1 Å². The Kier molecular flexibility index (Phi) is 19.2. The van der Waals surface area contributed by atoms with Crippen LogP contribution in [0.1, 0.15) is 76.5 Å². The molecule has 0 saturated heterocycles. The molecule has 0 fully saturated rings. The molecule has 0 bridgehead atoms. The molecule has 17 heteroatoms. The van der Waals surface area contributed by atoms with Gasteiger partial charge in [-0.1, -0.05) is 115 Å². The van der Waals surface area contributed by atoms with Gasteiger partial charge in [0.1, 0.15) is 47.4 Å². The van der Waals surface area contributed by atoms with Gasteiger partial charge in [-0.05, 0) is 70.1 Å². The van der Waals surface area contributed by atoms with Crippen molar-refractivity contribution in [3.05, 3.63) is 145 Å². The zero-order chi connectivity index (χ0) is 49.1. The summed E-state index contributed by atoms with van der Waals surface area (Å²) in [7, 11) is 1.13. The first-order chi connectivity index (χ1) is 31.9. The third kappa shape index (κ3) is 15.0. The minimum Gasteiger partial charge on any atom is -0.467 e. The minimum atomic E-state index is -1.59. The highest BCUT2D eigenvalue weighted by Crippen LogP contribution is 2.37. The van der Waals surface area contributed by atoms with E-state index in [1.807, 2.05) is 91.0 Å². The largest absolute Gasteiger partial charge is 0.467 e. The summed E-state index contributed by atoms with van der Waals surface area (Å²) < 4.78 is 10.2. The molecule has 0 spiro atoms. The molecule has 3 aromatic rings. The Morgan fingerprint density at radius 2 is 1.24 bits per heavy atom. The summed E-state index contributed by atoms with van der Waals surface area (Å²) in [4.78, 5) is 109. The van der Waals surface area contributed by atoms with Gasteiger partial charge in [-0.15, -0.1) is 13.2 Å². The Morgan fingerprint density at radius 3 is 1.75 bits per heavy atom. The van der Waals surface area contributed by atoms with Gasteiger partial charge in [0.05, 0.1) is 13.5 Å². The number of carbonyl (C=O) groups is 8. The summed E-state index contributed by atoms with van der Waals surface area (Å²) in [6.07, 6.45) is 3.88. The van der Waals surface area contributed by atoms with E-state index in [2.05, 4.69) is 50.4 Å². The predicted octanol–water partition coefficient (Wildman–Crippen LogP) is 3.50. The number of amides is 7. The first-order valence-corrected chi connectivity index (χ1v) is 21.9. The van der Waals surface area contributed by atoms with Crippen molar-refractivity contribution in [2.45, 2.75) is 107 Å². The quantitative estimate of drug-likeness (QED) is 0.0627. The number of nitrogens with one attached hydrogen (secondary N) is 7. The summed E-state index contributed by atoms with van der Waals surface area (Å²) in [5.41, 5.74) is 0.00465. The molecular formula is C50H61N7O10. The van der Waals surface area contributed by atoms with E-state index in [1.54, 1.807) is 20.8 Å². The monoisotopic (exact) mass is 919 g/mol. The fraction of sp³-hybridized carbons (Fsp3) is 0.360. The number of hydrogen-bond acceptors (Lipinski definition) is 10. The van der Waals surface area contributed by atoms with E-state index in [1.165, 1.54) is 31.2 Å². The van der Waals surface area contributed by atoms with Crippen LogP contribution < -0.4 is 37.2 Å². The van der Waals surface area contributed by atoms with Gasteiger partial charge in [0.2, 0.25) is 35.4 Å². The van der Waals surface area contributed by atoms with Crippen LogP contribution in [0.5, 0.6) is 0 Å². The van der Waals surface area contributed by atoms with Crippen molar-refractivity contribution in [1.82, 2.24) is 37.2 Å². The Balaban J connectivity index is 1.63. The average molecular weight is 920 g/mol. The fourth-order valence-corrected chi connectivity index (χ4v) is 7.23. The molecule has 0 radical (unpaired) electrons. The second-order valence-electron chi connectivity index (χ2n) is 16.8. The Morgan fingerprint density at radius 1 is 0.716 bits per heavy atom. The highest BCUT2D eigenvalue weighted by Gasteiger charge is 2.40. The number of hydrogen-bond donors (Lipinski definition) is 7. The molecule has 7 amide bonds. The summed E-state index contributed by atoms with van der Waals surface area (Å²) in [6.45, 7) is 13.7. The number of benzene rings is 3. The van der Waals surface area contributed by atoms with Crippen molar-refractivity contribution in [2.75, 3.05) is 7.11 Å². The highest BCUT2D eigenvalue weighted by molar-refractivity contribution is 5.98. The molecule has 67 heavy (non-hydrogen) atoms. The predicted molar refractivity (Wildman–Crippen MR) is 250 cm³/mol. The Labute approximate surface area is 391 Å². The number of rotatable bonds is 16. The average Bonchev–Trinajstić information content (AvgIpc) is 3.30. The van der Waals surface area contributed by atoms with E-state index in [9.17, 15) is 38.4 Å². The van der Waals surface area contributed by atoms with Crippen LogP contribution in [0.15, 0.2) is 128 Å². The van der Waals surface area contributed by atoms with Crippen LogP contribution in [-0.2, 0) is 48.6 Å². The third-order valence-corrected chi connectivity index (χ3v) is 10.5. The maximum Gasteiger partial charge on any atom is 0.408 e. The molecule has 356 valence electrons. The summed E-state index contributed by atoms with van der Waals surface area (Å²) >= 11 is 0. The maximum atomic E-state index is 14.5. The van der Waals surface area contributed by atoms with E-state index in [4.69, 9.17) is 9.47 Å². The van der Waals surface area contributed by atoms with Crippen molar-refractivity contribution in [1.29, 1.82) is 0 Å². The molecule has 4 rings (SSSR count). The molecule has 1 heterocycles. The second kappa shape index (κ2) is 24.7. The van der Waals surface area contributed by atoms with Crippen LogP contribution in [0.2, 0.25) is 0 Å². The van der Waals surface area contributed by atoms with E-state index in [0.717, 1.165) is 7.11 Å². The van der Waals surface area contributed by atoms with Crippen LogP contribution >= 0.6 is 0 Å². The topological polar surface area (TPSA) is 239 Å². The first kappa shape index (κ1) is 52.1. The van der Waals surface area contributed by atoms with Gasteiger partial charge < -0.3 is 46.7 Å². The van der Waals surface area contributed by atoms with Crippen LogP contribution in [-0.4, -0.2) is 96.5 Å². The lowest BCUT2D eigenvalue weighted by Crippen LogP contribution is -2.60. The zero-order valence-electron chi connectivity index (χ0n) is 38.5. The first-order valence-electron chi connectivity index (χ1n) is 21.9. The van der Waals surface area contributed by atoms with Crippen LogP contribution in [0.3, 0.4) is 0 Å². The fourth-order valence-electron chi connectivity index (χ4n) is 7.23. The number of alkyl carbamates (subject to hydrolysis) is 1. The van der Waals surface area contributed by atoms with Crippen molar-refractivity contribution >= 4 is 47.5 Å². The number of ether oxygens (including phenoxy) is 2. The third-order valence-electron chi connectivity index (χ3n) is 10.5. The summed E-state index contributed by atoms with van der Waals surface area (Å²) in [5, 5.41) is 18.6. The lowest BCUT2D eigenvalue weighted by molar-refractivity contribution is -0.145. The Bertz CT molecular complexity index is 2170. The van der Waals surface area contributed by atoms with Crippen molar-refractivity contribution in [3.63, 3.8) is 0 Å². The van der Waals surface area contributed by atoms with Gasteiger partial charge in [0, 0.05) is 0 Å². The lowest BCUT2D eigenvalue weighted by atomic mass is 9.77. The highest BCUT2D eigenvalue weighted by atomic mass is 16.6. The van der Waals surface area contributed by atoms with Gasteiger partial charge in [-0.3, -0.25) is 28.8 Å². The molecule has 6 atom stereocenters. The molecule has 1 aliphatic rings. The standard InChI is InChI=1S/C50H61N7O10/c1-8-21-36-44(61)55-40(31-41(58)57-50(33-23-13-10-14-24-33,34-25-15-11-16-26-34)35-27-17-12-18-28-35)46(63)54-39(47(64)66-7)30-20-19-29-38(45(62)53-36)52-42(59)32(3)51-43(60)37(22-9-2)56-48(65)67-49(4,5)6/h8-20,23-28,32,36-40H,1-2,21-22,29-31H2,3-7H3,(H,51,60)(H,52,59)(H,53,62)(H,54,63)(H,55,61)(H,56,65)(H,57,58)/b20-19-/t32-,36-,37-,38-,39?,40?/m0/s1. The van der Waals surface area contributed by atoms with Crippen LogP contribution in [0.4, 0.5) is 4.79 Å². The van der Waals surface area contributed by atoms with E-state index in [-0.39, 0.29) is 25.7 Å². The maximum absolute atomic E-state index is 14.5. The molecule has 0 aliphatic carbocycles. The van der Waals surface area contributed by atoms with Crippen molar-refractivity contribution in [3.8, 4) is 0 Å². The van der Waals surface area contributed by atoms with Crippen LogP contribution in [0.25, 0.3) is 0 Å². The number of carbonyl (C=O) groups excluding carboxylic acids is 8. The molecule has 7 N–H and O–H groups in total. The van der Waals surface area contributed by atoms with Crippen molar-refractivity contribution in [2.24, 2.45) is 0 Å². The van der Waals surface area contributed by atoms with E-state index >= 15 is 0 Å². The molecule has 17 nitrogen and oxygen atoms in total. The number of methoxy groups -OCH3 is 1. The van der Waals surface area contributed by atoms with E-state index in [0.29, 0.717) is 16.7 Å².